The van der Waals surface area contributed by atoms with Crippen LogP contribution in [0.1, 0.15) is 77.8 Å². The van der Waals surface area contributed by atoms with Gasteiger partial charge in [0.15, 0.2) is 9.84 Å². The summed E-state index contributed by atoms with van der Waals surface area (Å²) in [6.45, 7) is 9.46. The van der Waals surface area contributed by atoms with Crippen LogP contribution >= 0.6 is 0 Å². The van der Waals surface area contributed by atoms with Crippen LogP contribution < -0.4 is 16.0 Å². The van der Waals surface area contributed by atoms with E-state index in [2.05, 4.69) is 25.8 Å². The molecule has 0 bridgehead atoms. The highest BCUT2D eigenvalue weighted by atomic mass is 32.2. The Morgan fingerprint density at radius 2 is 1.62 bits per heavy atom. The summed E-state index contributed by atoms with van der Waals surface area (Å²) >= 11 is 0. The quantitative estimate of drug-likeness (QED) is 0.162. The third kappa shape index (κ3) is 10.2. The van der Waals surface area contributed by atoms with Crippen LogP contribution in [0.5, 0.6) is 0 Å². The first kappa shape index (κ1) is 40.2. The number of carbonyl (C=O) groups excluding carboxylic acids is 3. The number of benzene rings is 2. The third-order valence-corrected chi connectivity index (χ3v) is 13.2. The number of amides is 3. The van der Waals surface area contributed by atoms with Gasteiger partial charge in [0.25, 0.3) is 0 Å². The highest BCUT2D eigenvalue weighted by Crippen LogP contribution is 2.39. The Labute approximate surface area is 314 Å². The molecule has 3 amide bonds. The zero-order valence-corrected chi connectivity index (χ0v) is 32.7. The number of likely N-dealkylation sites (tertiary alicyclic amines) is 1. The predicted octanol–water partition coefficient (Wildman–Crippen LogP) is 4.37. The van der Waals surface area contributed by atoms with E-state index in [9.17, 15) is 27.9 Å². The van der Waals surface area contributed by atoms with E-state index in [1.165, 1.54) is 19.9 Å². The first-order valence-corrected chi connectivity index (χ1v) is 20.6. The fourth-order valence-electron chi connectivity index (χ4n) is 7.77. The first-order valence-electron chi connectivity index (χ1n) is 18.8. The number of rotatable bonds is 13. The van der Waals surface area contributed by atoms with Crippen molar-refractivity contribution < 1.29 is 27.9 Å². The Balaban J connectivity index is 1.40. The molecule has 1 aliphatic carbocycles. The molecule has 12 heteroatoms. The number of aromatic amines is 1. The lowest BCUT2D eigenvalue weighted by molar-refractivity contribution is -0.133. The SMILES string of the molecule is CC(C)(C)NC(=O)[C@@H]1CC2CCCCC2CN1C[C@@H](O)[C@H](Cc1ccccc1)NC(=O)[C@@H](NC(=O)C=Cc1c[nH]c2ccccc12)C(C)(C)S(C)(=O)=O. The largest absolute Gasteiger partial charge is 0.390 e. The summed E-state index contributed by atoms with van der Waals surface area (Å²) in [6.07, 6.45) is 9.99. The number of β-amino-alcohol motifs (C(OH)–C–C–N with tert-alkyl or cyclic N) is 1. The smallest absolute Gasteiger partial charge is 0.244 e. The lowest BCUT2D eigenvalue weighted by Gasteiger charge is -2.47. The van der Waals surface area contributed by atoms with E-state index in [4.69, 9.17) is 0 Å². The number of nitrogens with one attached hydrogen (secondary N) is 4. The summed E-state index contributed by atoms with van der Waals surface area (Å²) in [5.74, 6) is -0.585. The molecule has 2 heterocycles. The number of carbonyl (C=O) groups is 3. The maximum Gasteiger partial charge on any atom is 0.244 e. The summed E-state index contributed by atoms with van der Waals surface area (Å²) < 4.78 is 24.5. The van der Waals surface area contributed by atoms with Crippen LogP contribution in [0.25, 0.3) is 17.0 Å². The second kappa shape index (κ2) is 16.6. The van der Waals surface area contributed by atoms with Crippen LogP contribution in [-0.4, -0.2) is 95.0 Å². The summed E-state index contributed by atoms with van der Waals surface area (Å²) in [4.78, 5) is 46.6. The number of fused-ring (bicyclic) bond motifs is 2. The normalized spacial score (nSPS) is 21.8. The molecule has 2 aliphatic rings. The zero-order chi connectivity index (χ0) is 38.6. The van der Waals surface area contributed by atoms with Gasteiger partial charge in [0.1, 0.15) is 6.04 Å². The van der Waals surface area contributed by atoms with Crippen molar-refractivity contribution in [2.75, 3.05) is 19.3 Å². The molecule has 3 aromatic rings. The van der Waals surface area contributed by atoms with Gasteiger partial charge in [-0.15, -0.1) is 0 Å². The lowest BCUT2D eigenvalue weighted by atomic mass is 9.72. The van der Waals surface area contributed by atoms with Gasteiger partial charge in [0.2, 0.25) is 17.7 Å². The molecule has 1 aromatic heterocycles. The van der Waals surface area contributed by atoms with Crippen molar-refractivity contribution in [3.8, 4) is 0 Å². The Morgan fingerprint density at radius 1 is 0.962 bits per heavy atom. The van der Waals surface area contributed by atoms with Crippen molar-refractivity contribution in [3.05, 3.63) is 78.0 Å². The maximum absolute atomic E-state index is 14.3. The molecule has 6 atom stereocenters. The Bertz CT molecular complexity index is 1880. The van der Waals surface area contributed by atoms with Gasteiger partial charge in [-0.05, 0) is 89.0 Å². The van der Waals surface area contributed by atoms with Crippen molar-refractivity contribution in [1.82, 2.24) is 25.8 Å². The molecular weight excluding hydrogens is 691 g/mol. The van der Waals surface area contributed by atoms with E-state index in [0.29, 0.717) is 24.8 Å². The number of piperidine rings is 1. The minimum Gasteiger partial charge on any atom is -0.390 e. The Hall–Kier alpha value is -4.00. The van der Waals surface area contributed by atoms with Crippen LogP contribution in [0.3, 0.4) is 0 Å². The number of aliphatic hydroxyl groups is 1. The van der Waals surface area contributed by atoms with Crippen LogP contribution in [0, 0.1) is 11.8 Å². The van der Waals surface area contributed by atoms with Crippen LogP contribution in [0.4, 0.5) is 0 Å². The van der Waals surface area contributed by atoms with Crippen LogP contribution in [0.2, 0.25) is 0 Å². The minimum absolute atomic E-state index is 0.0734. The van der Waals surface area contributed by atoms with E-state index in [1.54, 1.807) is 12.3 Å². The van der Waals surface area contributed by atoms with Gasteiger partial charge in [-0.3, -0.25) is 19.3 Å². The summed E-state index contributed by atoms with van der Waals surface area (Å²) in [6, 6.07) is 14.3. The van der Waals surface area contributed by atoms with Gasteiger partial charge in [-0.25, -0.2) is 8.42 Å². The molecule has 2 aromatic carbocycles. The van der Waals surface area contributed by atoms with E-state index >= 15 is 0 Å². The summed E-state index contributed by atoms with van der Waals surface area (Å²) in [7, 11) is -3.88. The Kier molecular flexibility index (Phi) is 12.6. The molecule has 0 radical (unpaired) electrons. The molecule has 288 valence electrons. The van der Waals surface area contributed by atoms with Crippen molar-refractivity contribution in [3.63, 3.8) is 0 Å². The van der Waals surface area contributed by atoms with Gasteiger partial charge < -0.3 is 26.0 Å². The minimum atomic E-state index is -3.88. The number of sulfone groups is 1. The lowest BCUT2D eigenvalue weighted by Crippen LogP contribution is -2.64. The number of H-pyrrole nitrogens is 1. The average Bonchev–Trinajstić information content (AvgIpc) is 3.51. The molecule has 2 fully saturated rings. The second-order valence-electron chi connectivity index (χ2n) is 16.6. The van der Waals surface area contributed by atoms with Crippen molar-refractivity contribution in [1.29, 1.82) is 0 Å². The fourth-order valence-corrected chi connectivity index (χ4v) is 8.36. The Morgan fingerprint density at radius 3 is 2.30 bits per heavy atom. The molecule has 1 saturated heterocycles. The molecular formula is C41H57N5O6S. The number of aliphatic hydroxyl groups excluding tert-OH is 1. The third-order valence-electron chi connectivity index (χ3n) is 11.1. The number of hydrogen-bond donors (Lipinski definition) is 5. The summed E-state index contributed by atoms with van der Waals surface area (Å²) in [5.41, 5.74) is 2.09. The fraction of sp³-hybridized carbons (Fsp3) is 0.537. The van der Waals surface area contributed by atoms with Gasteiger partial charge in [-0.1, -0.05) is 67.8 Å². The highest BCUT2D eigenvalue weighted by molar-refractivity contribution is 7.92. The van der Waals surface area contributed by atoms with Crippen molar-refractivity contribution in [2.24, 2.45) is 11.8 Å². The molecule has 53 heavy (non-hydrogen) atoms. The number of nitrogens with zero attached hydrogens (tertiary/aromatic N) is 1. The van der Waals surface area contributed by atoms with Crippen molar-refractivity contribution >= 4 is 44.5 Å². The van der Waals surface area contributed by atoms with Crippen LogP contribution in [-0.2, 0) is 30.6 Å². The predicted molar refractivity (Wildman–Crippen MR) is 210 cm³/mol. The van der Waals surface area contributed by atoms with E-state index in [-0.39, 0.29) is 18.9 Å². The average molecular weight is 748 g/mol. The monoisotopic (exact) mass is 747 g/mol. The van der Waals surface area contributed by atoms with E-state index in [0.717, 1.165) is 54.0 Å². The van der Waals surface area contributed by atoms with E-state index < -0.39 is 56.2 Å². The molecule has 5 rings (SSSR count). The van der Waals surface area contributed by atoms with Crippen LogP contribution in [0.15, 0.2) is 66.9 Å². The second-order valence-corrected chi connectivity index (χ2v) is 19.2. The topological polar surface area (TPSA) is 161 Å². The molecule has 0 spiro atoms. The van der Waals surface area contributed by atoms with Gasteiger partial charge in [0, 0.05) is 48.1 Å². The van der Waals surface area contributed by atoms with E-state index in [1.807, 2.05) is 75.4 Å². The molecule has 5 N–H and O–H groups in total. The standard InChI is InChI=1S/C41H57N5O6S/c1-40(2,3)45-38(49)34-23-28-16-10-11-17-30(28)25-46(34)26-35(47)33(22-27-14-8-7-9-15-27)43-39(50)37(41(4,5)53(6,51)52)44-36(48)21-20-29-24-42-32-19-13-12-18-31(29)32/h7-9,12-15,18-21,24,28,30,33-35,37,42,47H,10-11,16-17,22-23,25-26H2,1-6H3,(H,43,50)(H,44,48)(H,45,49)/t28?,30?,33-,34-,35+,37+/m0/s1. The molecule has 1 saturated carbocycles. The zero-order valence-electron chi connectivity index (χ0n) is 31.9. The van der Waals surface area contributed by atoms with Crippen molar-refractivity contribution in [2.45, 2.75) is 108 Å². The highest BCUT2D eigenvalue weighted by Gasteiger charge is 2.46. The number of para-hydroxylation sites is 1. The molecule has 11 nitrogen and oxygen atoms in total. The van der Waals surface area contributed by atoms with Gasteiger partial charge in [-0.2, -0.15) is 0 Å². The maximum atomic E-state index is 14.3. The summed E-state index contributed by atoms with van der Waals surface area (Å²) in [5, 5.41) is 21.7. The number of hydrogen-bond acceptors (Lipinski definition) is 7. The number of aromatic nitrogens is 1. The first-order chi connectivity index (χ1) is 24.9. The molecule has 2 unspecified atom stereocenters. The van der Waals surface area contributed by atoms with Gasteiger partial charge in [0.05, 0.1) is 22.9 Å². The van der Waals surface area contributed by atoms with Gasteiger partial charge >= 0.3 is 0 Å². The molecule has 1 aliphatic heterocycles.